The first-order valence-corrected chi connectivity index (χ1v) is 8.29. The van der Waals surface area contributed by atoms with Crippen LogP contribution < -0.4 is 4.90 Å². The molecule has 0 amide bonds. The molecule has 1 saturated heterocycles. The van der Waals surface area contributed by atoms with Crippen LogP contribution in [-0.4, -0.2) is 30.1 Å². The molecule has 2 aromatic heterocycles. The predicted octanol–water partition coefficient (Wildman–Crippen LogP) is 3.86. The Kier molecular flexibility index (Phi) is 5.20. The smallest absolute Gasteiger partial charge is 0.331 e. The van der Waals surface area contributed by atoms with Gasteiger partial charge in [0.1, 0.15) is 23.4 Å². The minimum Gasteiger partial charge on any atom is -0.462 e. The number of anilines is 1. The van der Waals surface area contributed by atoms with Gasteiger partial charge in [0.25, 0.3) is 0 Å². The average Bonchev–Trinajstić information content (AvgIpc) is 3.00. The molecule has 0 radical (unpaired) electrons. The maximum absolute atomic E-state index is 11.9. The van der Waals surface area contributed by atoms with E-state index in [1.165, 1.54) is 6.08 Å². The quantitative estimate of drug-likeness (QED) is 0.621. The number of rotatable bonds is 4. The SMILES string of the molecule is Cc1ccc(/C=C/C(=O)OC2CCN(c3ccc(Cl)cn3)CC2)o1. The molecule has 0 unspecified atom stereocenters. The number of esters is 1. The third-order valence-corrected chi connectivity index (χ3v) is 4.13. The first-order valence-electron chi connectivity index (χ1n) is 7.92. The maximum atomic E-state index is 11.9. The molecule has 6 heteroatoms. The molecular formula is C18H19ClN2O3. The van der Waals surface area contributed by atoms with Gasteiger partial charge in [0.15, 0.2) is 0 Å². The Labute approximate surface area is 145 Å². The lowest BCUT2D eigenvalue weighted by Crippen LogP contribution is -2.38. The Morgan fingerprint density at radius 3 is 2.75 bits per heavy atom. The summed E-state index contributed by atoms with van der Waals surface area (Å²) in [6.45, 7) is 3.46. The number of halogens is 1. The van der Waals surface area contributed by atoms with E-state index in [1.807, 2.05) is 31.2 Å². The van der Waals surface area contributed by atoms with E-state index < -0.39 is 0 Å². The van der Waals surface area contributed by atoms with Crippen molar-refractivity contribution in [3.63, 3.8) is 0 Å². The van der Waals surface area contributed by atoms with Crippen LogP contribution in [0.3, 0.4) is 0 Å². The van der Waals surface area contributed by atoms with Gasteiger partial charge in [-0.25, -0.2) is 9.78 Å². The zero-order chi connectivity index (χ0) is 16.9. The lowest BCUT2D eigenvalue weighted by molar-refractivity contribution is -0.143. The molecule has 0 atom stereocenters. The summed E-state index contributed by atoms with van der Waals surface area (Å²) in [5, 5.41) is 0.626. The third-order valence-electron chi connectivity index (χ3n) is 3.91. The summed E-state index contributed by atoms with van der Waals surface area (Å²) in [5.74, 6) is 2.02. The van der Waals surface area contributed by atoms with E-state index in [-0.39, 0.29) is 12.1 Å². The Bertz CT molecular complexity index is 716. The molecule has 0 bridgehead atoms. The number of pyridine rings is 1. The molecule has 3 heterocycles. The number of carbonyl (C=O) groups is 1. The molecule has 0 aromatic carbocycles. The molecule has 0 aliphatic carbocycles. The second-order valence-corrected chi connectivity index (χ2v) is 6.18. The monoisotopic (exact) mass is 346 g/mol. The summed E-state index contributed by atoms with van der Waals surface area (Å²) in [5.41, 5.74) is 0. The molecule has 0 N–H and O–H groups in total. The fourth-order valence-electron chi connectivity index (χ4n) is 2.65. The molecule has 3 rings (SSSR count). The summed E-state index contributed by atoms with van der Waals surface area (Å²) >= 11 is 5.85. The van der Waals surface area contributed by atoms with Crippen LogP contribution in [0.15, 0.2) is 41.0 Å². The van der Waals surface area contributed by atoms with Gasteiger partial charge in [-0.15, -0.1) is 0 Å². The molecule has 0 saturated carbocycles. The van der Waals surface area contributed by atoms with Gasteiger partial charge in [-0.2, -0.15) is 0 Å². The van der Waals surface area contributed by atoms with Crippen molar-refractivity contribution in [2.45, 2.75) is 25.9 Å². The highest BCUT2D eigenvalue weighted by atomic mass is 35.5. The molecule has 126 valence electrons. The number of furan rings is 1. The Morgan fingerprint density at radius 1 is 1.33 bits per heavy atom. The first kappa shape index (κ1) is 16.6. The van der Waals surface area contributed by atoms with Crippen LogP contribution in [0.25, 0.3) is 6.08 Å². The fraction of sp³-hybridized carbons (Fsp3) is 0.333. The fourth-order valence-corrected chi connectivity index (χ4v) is 2.77. The van der Waals surface area contributed by atoms with Crippen molar-refractivity contribution in [2.24, 2.45) is 0 Å². The lowest BCUT2D eigenvalue weighted by atomic mass is 10.1. The van der Waals surface area contributed by atoms with Crippen molar-refractivity contribution in [2.75, 3.05) is 18.0 Å². The van der Waals surface area contributed by atoms with Crippen molar-refractivity contribution >= 4 is 29.5 Å². The zero-order valence-electron chi connectivity index (χ0n) is 13.4. The van der Waals surface area contributed by atoms with Crippen LogP contribution in [0.4, 0.5) is 5.82 Å². The molecule has 1 aliphatic heterocycles. The van der Waals surface area contributed by atoms with Gasteiger partial charge < -0.3 is 14.1 Å². The van der Waals surface area contributed by atoms with Crippen molar-refractivity contribution in [1.29, 1.82) is 0 Å². The van der Waals surface area contributed by atoms with E-state index in [2.05, 4.69) is 9.88 Å². The van der Waals surface area contributed by atoms with Gasteiger partial charge in [-0.3, -0.25) is 0 Å². The number of aryl methyl sites for hydroxylation is 1. The number of aromatic nitrogens is 1. The van der Waals surface area contributed by atoms with Crippen molar-refractivity contribution < 1.29 is 13.9 Å². The van der Waals surface area contributed by atoms with Gasteiger partial charge in [-0.1, -0.05) is 11.6 Å². The first-order chi connectivity index (χ1) is 11.6. The molecule has 2 aromatic rings. The van der Waals surface area contributed by atoms with Crippen LogP contribution in [0.1, 0.15) is 24.4 Å². The average molecular weight is 347 g/mol. The second-order valence-electron chi connectivity index (χ2n) is 5.74. The van der Waals surface area contributed by atoms with E-state index in [4.69, 9.17) is 20.8 Å². The van der Waals surface area contributed by atoms with Crippen LogP contribution in [0, 0.1) is 6.92 Å². The molecule has 24 heavy (non-hydrogen) atoms. The number of piperidine rings is 1. The van der Waals surface area contributed by atoms with Gasteiger partial charge in [0.05, 0.1) is 5.02 Å². The molecule has 1 fully saturated rings. The second kappa shape index (κ2) is 7.53. The molecular weight excluding hydrogens is 328 g/mol. The molecule has 0 spiro atoms. The third kappa shape index (κ3) is 4.38. The van der Waals surface area contributed by atoms with Gasteiger partial charge >= 0.3 is 5.97 Å². The predicted molar refractivity (Wildman–Crippen MR) is 93.1 cm³/mol. The van der Waals surface area contributed by atoms with Crippen LogP contribution in [0.2, 0.25) is 5.02 Å². The minimum atomic E-state index is -0.341. The Balaban J connectivity index is 1.47. The summed E-state index contributed by atoms with van der Waals surface area (Å²) in [4.78, 5) is 18.4. The summed E-state index contributed by atoms with van der Waals surface area (Å²) < 4.78 is 10.9. The number of nitrogens with zero attached hydrogens (tertiary/aromatic N) is 2. The normalized spacial score (nSPS) is 15.8. The summed E-state index contributed by atoms with van der Waals surface area (Å²) in [6, 6.07) is 7.40. The van der Waals surface area contributed by atoms with Crippen LogP contribution in [-0.2, 0) is 9.53 Å². The highest BCUT2D eigenvalue weighted by Crippen LogP contribution is 2.21. The van der Waals surface area contributed by atoms with E-state index in [0.717, 1.165) is 37.5 Å². The molecule has 1 aliphatic rings. The molecule has 5 nitrogen and oxygen atoms in total. The zero-order valence-corrected chi connectivity index (χ0v) is 14.2. The van der Waals surface area contributed by atoms with E-state index in [9.17, 15) is 4.79 Å². The van der Waals surface area contributed by atoms with E-state index >= 15 is 0 Å². The standard InChI is InChI=1S/C18H19ClN2O3/c1-13-2-4-15(23-13)5-7-18(22)24-16-8-10-21(11-9-16)17-6-3-14(19)12-20-17/h2-7,12,16H,8-11H2,1H3/b7-5+. The number of hydrogen-bond donors (Lipinski definition) is 0. The van der Waals surface area contributed by atoms with Crippen molar-refractivity contribution in [3.8, 4) is 0 Å². The summed E-state index contributed by atoms with van der Waals surface area (Å²) in [6.07, 6.45) is 6.18. The summed E-state index contributed by atoms with van der Waals surface area (Å²) in [7, 11) is 0. The Hall–Kier alpha value is -2.27. The minimum absolute atomic E-state index is 0.0657. The maximum Gasteiger partial charge on any atom is 0.331 e. The van der Waals surface area contributed by atoms with Gasteiger partial charge in [0, 0.05) is 38.2 Å². The van der Waals surface area contributed by atoms with Crippen LogP contribution >= 0.6 is 11.6 Å². The largest absolute Gasteiger partial charge is 0.462 e. The number of carbonyl (C=O) groups excluding carboxylic acids is 1. The van der Waals surface area contributed by atoms with Crippen molar-refractivity contribution in [1.82, 2.24) is 4.98 Å². The number of hydrogen-bond acceptors (Lipinski definition) is 5. The van der Waals surface area contributed by atoms with Crippen LogP contribution in [0.5, 0.6) is 0 Å². The Morgan fingerprint density at radius 2 is 2.12 bits per heavy atom. The van der Waals surface area contributed by atoms with Gasteiger partial charge in [0.2, 0.25) is 0 Å². The topological polar surface area (TPSA) is 55.6 Å². The van der Waals surface area contributed by atoms with Gasteiger partial charge in [-0.05, 0) is 37.3 Å². The van der Waals surface area contributed by atoms with E-state index in [1.54, 1.807) is 12.3 Å². The lowest BCUT2D eigenvalue weighted by Gasteiger charge is -2.32. The highest BCUT2D eigenvalue weighted by molar-refractivity contribution is 6.30. The van der Waals surface area contributed by atoms with Crippen molar-refractivity contribution in [3.05, 3.63) is 53.1 Å². The number of ether oxygens (including phenoxy) is 1. The van der Waals surface area contributed by atoms with E-state index in [0.29, 0.717) is 10.8 Å². The highest BCUT2D eigenvalue weighted by Gasteiger charge is 2.22.